The zero-order valence-electron chi connectivity index (χ0n) is 7.92. The van der Waals surface area contributed by atoms with E-state index in [9.17, 15) is 0 Å². The molecule has 2 nitrogen and oxygen atoms in total. The highest BCUT2D eigenvalue weighted by molar-refractivity contribution is 14.1. The van der Waals surface area contributed by atoms with Crippen LogP contribution in [-0.2, 0) is 6.54 Å². The second-order valence-corrected chi connectivity index (χ2v) is 5.95. The molecule has 0 aliphatic heterocycles. The Morgan fingerprint density at radius 3 is 2.62 bits per heavy atom. The van der Waals surface area contributed by atoms with Crippen molar-refractivity contribution >= 4 is 61.7 Å². The van der Waals surface area contributed by atoms with Gasteiger partial charge in [0.25, 0.3) is 0 Å². The normalized spacial score (nSPS) is 10.8. The number of rotatable bonds is 2. The molecule has 16 heavy (non-hydrogen) atoms. The number of halogens is 4. The van der Waals surface area contributed by atoms with E-state index >= 15 is 0 Å². The maximum atomic E-state index is 6.12. The molecule has 0 fully saturated rings. The van der Waals surface area contributed by atoms with Crippen LogP contribution in [0.3, 0.4) is 0 Å². The molecule has 1 heterocycles. The van der Waals surface area contributed by atoms with Crippen molar-refractivity contribution in [3.63, 3.8) is 0 Å². The van der Waals surface area contributed by atoms with Crippen molar-refractivity contribution < 1.29 is 0 Å². The molecule has 2 rings (SSSR count). The molecule has 84 valence electrons. The monoisotopic (exact) mass is 430 g/mol. The molecule has 0 aliphatic rings. The first kappa shape index (κ1) is 12.7. The van der Waals surface area contributed by atoms with Crippen LogP contribution >= 0.6 is 61.7 Å². The van der Waals surface area contributed by atoms with Crippen LogP contribution in [0.4, 0.5) is 0 Å². The van der Waals surface area contributed by atoms with Crippen LogP contribution in [0.1, 0.15) is 5.56 Å². The minimum atomic E-state index is 0.620. The van der Waals surface area contributed by atoms with E-state index in [0.29, 0.717) is 11.6 Å². The van der Waals surface area contributed by atoms with Gasteiger partial charge in [0.05, 0.1) is 11.6 Å². The maximum Gasteiger partial charge on any atom is 0.141 e. The lowest BCUT2D eigenvalue weighted by Gasteiger charge is -2.04. The smallest absolute Gasteiger partial charge is 0.141 e. The quantitative estimate of drug-likeness (QED) is 0.635. The molecule has 0 atom stereocenters. The van der Waals surface area contributed by atoms with Crippen molar-refractivity contribution in [3.8, 4) is 0 Å². The summed E-state index contributed by atoms with van der Waals surface area (Å²) in [6, 6.07) is 5.79. The Bertz CT molecular complexity index is 508. The minimum absolute atomic E-state index is 0.620. The van der Waals surface area contributed by atoms with Gasteiger partial charge in [-0.15, -0.1) is 0 Å². The Kier molecular flexibility index (Phi) is 4.15. The molecule has 0 saturated heterocycles. The SMILES string of the molecule is Clc1cc(Br)ccc1Cn1cc(Cl)c(I)n1. The van der Waals surface area contributed by atoms with E-state index in [-0.39, 0.29) is 0 Å². The summed E-state index contributed by atoms with van der Waals surface area (Å²) in [5, 5.41) is 5.65. The van der Waals surface area contributed by atoms with Crippen LogP contribution < -0.4 is 0 Å². The van der Waals surface area contributed by atoms with Crippen LogP contribution in [0.5, 0.6) is 0 Å². The van der Waals surface area contributed by atoms with Crippen LogP contribution in [0, 0.1) is 3.70 Å². The Morgan fingerprint density at radius 1 is 1.31 bits per heavy atom. The van der Waals surface area contributed by atoms with Gasteiger partial charge in [-0.1, -0.05) is 45.2 Å². The molecule has 0 bridgehead atoms. The van der Waals surface area contributed by atoms with Crippen LogP contribution in [0.15, 0.2) is 28.9 Å². The molecule has 0 aliphatic carbocycles. The molecule has 0 spiro atoms. The first-order valence-corrected chi connectivity index (χ1v) is 7.01. The Balaban J connectivity index is 2.27. The van der Waals surface area contributed by atoms with Crippen molar-refractivity contribution in [3.05, 3.63) is 48.2 Å². The third-order valence-electron chi connectivity index (χ3n) is 2.02. The van der Waals surface area contributed by atoms with Gasteiger partial charge in [0.15, 0.2) is 0 Å². The number of aromatic nitrogens is 2. The fourth-order valence-electron chi connectivity index (χ4n) is 1.28. The van der Waals surface area contributed by atoms with Crippen molar-refractivity contribution in [2.24, 2.45) is 0 Å². The molecule has 0 saturated carbocycles. The van der Waals surface area contributed by atoms with Gasteiger partial charge in [-0.05, 0) is 40.3 Å². The molecule has 2 aromatic rings. The number of benzene rings is 1. The second-order valence-electron chi connectivity index (χ2n) is 3.20. The third-order valence-corrected chi connectivity index (χ3v) is 4.26. The van der Waals surface area contributed by atoms with Crippen LogP contribution in [0.25, 0.3) is 0 Å². The highest BCUT2D eigenvalue weighted by Gasteiger charge is 2.06. The Labute approximate surface area is 125 Å². The molecule has 0 radical (unpaired) electrons. The first-order chi connectivity index (χ1) is 7.56. The first-order valence-electron chi connectivity index (χ1n) is 4.38. The van der Waals surface area contributed by atoms with Crippen LogP contribution in [0.2, 0.25) is 10.0 Å². The fourth-order valence-corrected chi connectivity index (χ4v) is 2.58. The lowest BCUT2D eigenvalue weighted by atomic mass is 10.2. The van der Waals surface area contributed by atoms with Crippen LogP contribution in [-0.4, -0.2) is 9.78 Å². The van der Waals surface area contributed by atoms with Gasteiger partial charge in [0, 0.05) is 15.7 Å². The third kappa shape index (κ3) is 2.91. The van der Waals surface area contributed by atoms with E-state index in [2.05, 4.69) is 43.6 Å². The summed E-state index contributed by atoms with van der Waals surface area (Å²) in [6.07, 6.45) is 1.79. The highest BCUT2D eigenvalue weighted by atomic mass is 127. The molecule has 1 aromatic heterocycles. The highest BCUT2D eigenvalue weighted by Crippen LogP contribution is 2.23. The largest absolute Gasteiger partial charge is 0.266 e. The predicted molar refractivity (Wildman–Crippen MR) is 78.2 cm³/mol. The van der Waals surface area contributed by atoms with E-state index in [1.807, 2.05) is 18.2 Å². The summed E-state index contributed by atoms with van der Waals surface area (Å²) in [7, 11) is 0. The van der Waals surface area contributed by atoms with Gasteiger partial charge in [-0.3, -0.25) is 4.68 Å². The van der Waals surface area contributed by atoms with E-state index in [4.69, 9.17) is 23.2 Å². The second kappa shape index (κ2) is 5.25. The van der Waals surface area contributed by atoms with E-state index in [1.165, 1.54) is 0 Å². The minimum Gasteiger partial charge on any atom is -0.266 e. The van der Waals surface area contributed by atoms with Gasteiger partial charge in [-0.2, -0.15) is 5.10 Å². The Morgan fingerprint density at radius 2 is 2.06 bits per heavy atom. The van der Waals surface area contributed by atoms with E-state index in [0.717, 1.165) is 18.8 Å². The summed E-state index contributed by atoms with van der Waals surface area (Å²) in [4.78, 5) is 0. The lowest BCUT2D eigenvalue weighted by molar-refractivity contribution is 0.681. The fraction of sp³-hybridized carbons (Fsp3) is 0.100. The molecule has 0 unspecified atom stereocenters. The molecule has 6 heteroatoms. The summed E-state index contributed by atoms with van der Waals surface area (Å²) in [5.74, 6) is 0. The van der Waals surface area contributed by atoms with E-state index in [1.54, 1.807) is 10.9 Å². The summed E-state index contributed by atoms with van der Waals surface area (Å²) in [5.41, 5.74) is 1.01. The van der Waals surface area contributed by atoms with Crippen molar-refractivity contribution in [2.75, 3.05) is 0 Å². The molecule has 0 N–H and O–H groups in total. The van der Waals surface area contributed by atoms with Gasteiger partial charge >= 0.3 is 0 Å². The standard InChI is InChI=1S/C10H6BrCl2IN2/c11-7-2-1-6(8(12)3-7)4-16-5-9(13)10(14)15-16/h1-3,5H,4H2. The van der Waals surface area contributed by atoms with E-state index < -0.39 is 0 Å². The van der Waals surface area contributed by atoms with Gasteiger partial charge in [0.1, 0.15) is 3.70 Å². The van der Waals surface area contributed by atoms with Crippen molar-refractivity contribution in [2.45, 2.75) is 6.54 Å². The van der Waals surface area contributed by atoms with Gasteiger partial charge in [-0.25, -0.2) is 0 Å². The van der Waals surface area contributed by atoms with Gasteiger partial charge in [0.2, 0.25) is 0 Å². The molecule has 1 aromatic carbocycles. The maximum absolute atomic E-state index is 6.12. The van der Waals surface area contributed by atoms with Crippen molar-refractivity contribution in [1.29, 1.82) is 0 Å². The average Bonchev–Trinajstić information content (AvgIpc) is 2.51. The number of nitrogens with zero attached hydrogens (tertiary/aromatic N) is 2. The number of hydrogen-bond acceptors (Lipinski definition) is 1. The average molecular weight is 432 g/mol. The summed E-state index contributed by atoms with van der Waals surface area (Å²) >= 11 is 17.5. The number of hydrogen-bond donors (Lipinski definition) is 0. The summed E-state index contributed by atoms with van der Waals surface area (Å²) in [6.45, 7) is 0.620. The van der Waals surface area contributed by atoms with Gasteiger partial charge < -0.3 is 0 Å². The topological polar surface area (TPSA) is 17.8 Å². The Hall–Kier alpha value is 0.220. The molecular formula is C10H6BrCl2IN2. The van der Waals surface area contributed by atoms with Crippen molar-refractivity contribution in [1.82, 2.24) is 9.78 Å². The predicted octanol–water partition coefficient (Wildman–Crippen LogP) is 4.61. The zero-order chi connectivity index (χ0) is 11.7. The molecular weight excluding hydrogens is 426 g/mol. The summed E-state index contributed by atoms with van der Waals surface area (Å²) < 4.78 is 3.54. The molecule has 0 amide bonds. The lowest BCUT2D eigenvalue weighted by Crippen LogP contribution is -2.01. The zero-order valence-corrected chi connectivity index (χ0v) is 13.2.